The van der Waals surface area contributed by atoms with Gasteiger partial charge in [0.2, 0.25) is 0 Å². The van der Waals surface area contributed by atoms with E-state index in [2.05, 4.69) is 5.32 Å². The molecule has 1 amide bonds. The van der Waals surface area contributed by atoms with Gasteiger partial charge in [-0.3, -0.25) is 4.79 Å². The lowest BCUT2D eigenvalue weighted by Crippen LogP contribution is -2.33. The number of ether oxygens (including phenoxy) is 2. The van der Waals surface area contributed by atoms with Crippen LogP contribution in [0.3, 0.4) is 0 Å². The maximum atomic E-state index is 12.4. The van der Waals surface area contributed by atoms with Crippen molar-refractivity contribution in [1.29, 1.82) is 0 Å². The van der Waals surface area contributed by atoms with Crippen molar-refractivity contribution in [1.82, 2.24) is 5.32 Å². The molecule has 0 spiro atoms. The lowest BCUT2D eigenvalue weighted by molar-refractivity contribution is -0.131. The zero-order chi connectivity index (χ0) is 18.9. The SMILES string of the molecule is COC(C(=O)NCCOc1ccccc1-c1ccccc1)c1ccccc1. The minimum Gasteiger partial charge on any atom is -0.491 e. The van der Waals surface area contributed by atoms with Crippen molar-refractivity contribution >= 4 is 5.91 Å². The number of benzene rings is 3. The van der Waals surface area contributed by atoms with Gasteiger partial charge in [-0.15, -0.1) is 0 Å². The highest BCUT2D eigenvalue weighted by Gasteiger charge is 2.19. The van der Waals surface area contributed by atoms with E-state index in [1.54, 1.807) is 0 Å². The molecule has 3 rings (SSSR count). The Morgan fingerprint density at radius 1 is 0.889 bits per heavy atom. The van der Waals surface area contributed by atoms with E-state index in [4.69, 9.17) is 9.47 Å². The summed E-state index contributed by atoms with van der Waals surface area (Å²) in [6.07, 6.45) is -0.622. The Morgan fingerprint density at radius 2 is 1.52 bits per heavy atom. The van der Waals surface area contributed by atoms with Gasteiger partial charge in [0.15, 0.2) is 6.10 Å². The largest absolute Gasteiger partial charge is 0.491 e. The van der Waals surface area contributed by atoms with Crippen LogP contribution in [0.4, 0.5) is 0 Å². The Labute approximate surface area is 159 Å². The smallest absolute Gasteiger partial charge is 0.253 e. The Morgan fingerprint density at radius 3 is 2.22 bits per heavy atom. The summed E-state index contributed by atoms with van der Waals surface area (Å²) in [5.41, 5.74) is 2.96. The van der Waals surface area contributed by atoms with Gasteiger partial charge in [-0.1, -0.05) is 78.9 Å². The third-order valence-corrected chi connectivity index (χ3v) is 4.21. The zero-order valence-electron chi connectivity index (χ0n) is 15.3. The Kier molecular flexibility index (Phi) is 6.61. The van der Waals surface area contributed by atoms with Crippen LogP contribution in [0, 0.1) is 0 Å². The van der Waals surface area contributed by atoms with Gasteiger partial charge in [-0.2, -0.15) is 0 Å². The number of amides is 1. The second-order valence-corrected chi connectivity index (χ2v) is 6.03. The van der Waals surface area contributed by atoms with Crippen LogP contribution < -0.4 is 10.1 Å². The van der Waals surface area contributed by atoms with E-state index in [1.807, 2.05) is 84.9 Å². The van der Waals surface area contributed by atoms with E-state index in [0.29, 0.717) is 13.2 Å². The van der Waals surface area contributed by atoms with Gasteiger partial charge in [-0.05, 0) is 17.2 Å². The number of carbonyl (C=O) groups is 1. The van der Waals surface area contributed by atoms with Gasteiger partial charge < -0.3 is 14.8 Å². The molecule has 0 saturated heterocycles. The summed E-state index contributed by atoms with van der Waals surface area (Å²) < 4.78 is 11.2. The van der Waals surface area contributed by atoms with Gasteiger partial charge in [0.1, 0.15) is 12.4 Å². The van der Waals surface area contributed by atoms with E-state index >= 15 is 0 Å². The van der Waals surface area contributed by atoms with Crippen LogP contribution in [-0.2, 0) is 9.53 Å². The predicted molar refractivity (Wildman–Crippen MR) is 107 cm³/mol. The first kappa shape index (κ1) is 18.7. The highest BCUT2D eigenvalue weighted by Crippen LogP contribution is 2.29. The summed E-state index contributed by atoms with van der Waals surface area (Å²) in [5, 5.41) is 2.87. The zero-order valence-corrected chi connectivity index (χ0v) is 15.3. The molecule has 0 fully saturated rings. The molecule has 3 aromatic carbocycles. The third kappa shape index (κ3) is 4.96. The molecule has 3 aromatic rings. The first-order valence-corrected chi connectivity index (χ1v) is 8.92. The average Bonchev–Trinajstić information content (AvgIpc) is 2.73. The topological polar surface area (TPSA) is 47.6 Å². The van der Waals surface area contributed by atoms with E-state index < -0.39 is 6.10 Å². The molecule has 0 radical (unpaired) electrons. The summed E-state index contributed by atoms with van der Waals surface area (Å²) in [4.78, 5) is 12.4. The van der Waals surface area contributed by atoms with Crippen molar-refractivity contribution in [2.45, 2.75) is 6.10 Å². The Bertz CT molecular complexity index is 850. The average molecular weight is 361 g/mol. The molecule has 4 nitrogen and oxygen atoms in total. The van der Waals surface area contributed by atoms with Gasteiger partial charge in [0.25, 0.3) is 5.91 Å². The molecule has 0 bridgehead atoms. The van der Waals surface area contributed by atoms with Gasteiger partial charge in [0, 0.05) is 12.7 Å². The predicted octanol–water partition coefficient (Wildman–Crippen LogP) is 4.24. The minimum absolute atomic E-state index is 0.177. The number of hydrogen-bond acceptors (Lipinski definition) is 3. The maximum absolute atomic E-state index is 12.4. The number of nitrogens with one attached hydrogen (secondary N) is 1. The molecule has 0 aliphatic heterocycles. The van der Waals surface area contributed by atoms with Crippen LogP contribution in [0.5, 0.6) is 5.75 Å². The summed E-state index contributed by atoms with van der Waals surface area (Å²) in [7, 11) is 1.53. The molecular weight excluding hydrogens is 338 g/mol. The van der Waals surface area contributed by atoms with Crippen molar-refractivity contribution in [3.63, 3.8) is 0 Å². The fourth-order valence-corrected chi connectivity index (χ4v) is 2.90. The first-order chi connectivity index (χ1) is 13.3. The van der Waals surface area contributed by atoms with Gasteiger partial charge in [0.05, 0.1) is 6.54 Å². The molecule has 1 unspecified atom stereocenters. The maximum Gasteiger partial charge on any atom is 0.253 e. The monoisotopic (exact) mass is 361 g/mol. The summed E-state index contributed by atoms with van der Waals surface area (Å²) in [6, 6.07) is 27.4. The second kappa shape index (κ2) is 9.55. The molecule has 27 heavy (non-hydrogen) atoms. The van der Waals surface area contributed by atoms with Crippen LogP contribution in [0.2, 0.25) is 0 Å². The molecule has 0 saturated carbocycles. The summed E-state index contributed by atoms with van der Waals surface area (Å²) in [5.74, 6) is 0.618. The van der Waals surface area contributed by atoms with E-state index in [1.165, 1.54) is 7.11 Å². The molecule has 1 atom stereocenters. The van der Waals surface area contributed by atoms with Crippen molar-refractivity contribution < 1.29 is 14.3 Å². The second-order valence-electron chi connectivity index (χ2n) is 6.03. The number of carbonyl (C=O) groups excluding carboxylic acids is 1. The van der Waals surface area contributed by atoms with Crippen LogP contribution in [-0.4, -0.2) is 26.2 Å². The van der Waals surface area contributed by atoms with Crippen LogP contribution >= 0.6 is 0 Å². The fraction of sp³-hybridized carbons (Fsp3) is 0.174. The number of hydrogen-bond donors (Lipinski definition) is 1. The summed E-state index contributed by atoms with van der Waals surface area (Å²) in [6.45, 7) is 0.773. The van der Waals surface area contributed by atoms with E-state index in [0.717, 1.165) is 22.4 Å². The number of rotatable bonds is 8. The van der Waals surface area contributed by atoms with Crippen molar-refractivity contribution in [2.24, 2.45) is 0 Å². The quantitative estimate of drug-likeness (QED) is 0.611. The molecule has 0 aromatic heterocycles. The van der Waals surface area contributed by atoms with Crippen LogP contribution in [0.1, 0.15) is 11.7 Å². The molecule has 0 aliphatic carbocycles. The lowest BCUT2D eigenvalue weighted by atomic mass is 10.1. The van der Waals surface area contributed by atoms with Crippen molar-refractivity contribution in [3.05, 3.63) is 90.5 Å². The molecule has 1 N–H and O–H groups in total. The van der Waals surface area contributed by atoms with E-state index in [9.17, 15) is 4.79 Å². The van der Waals surface area contributed by atoms with Crippen LogP contribution in [0.25, 0.3) is 11.1 Å². The molecular formula is C23H23NO3. The standard InChI is InChI=1S/C23H23NO3/c1-26-22(19-12-6-3-7-13-19)23(25)24-16-17-27-21-15-9-8-14-20(21)18-10-4-2-5-11-18/h2-15,22H,16-17H2,1H3,(H,24,25). The Balaban J connectivity index is 1.56. The normalized spacial score (nSPS) is 11.6. The van der Waals surface area contributed by atoms with Gasteiger partial charge in [-0.25, -0.2) is 0 Å². The summed E-state index contributed by atoms with van der Waals surface area (Å²) >= 11 is 0. The number of para-hydroxylation sites is 1. The number of methoxy groups -OCH3 is 1. The first-order valence-electron chi connectivity index (χ1n) is 8.92. The van der Waals surface area contributed by atoms with Crippen LogP contribution in [0.15, 0.2) is 84.9 Å². The van der Waals surface area contributed by atoms with Crippen molar-refractivity contribution in [3.8, 4) is 16.9 Å². The van der Waals surface area contributed by atoms with Crippen molar-refractivity contribution in [2.75, 3.05) is 20.3 Å². The lowest BCUT2D eigenvalue weighted by Gasteiger charge is -2.16. The molecule has 138 valence electrons. The van der Waals surface area contributed by atoms with E-state index in [-0.39, 0.29) is 5.91 Å². The Hall–Kier alpha value is -3.11. The molecule has 0 heterocycles. The molecule has 0 aliphatic rings. The molecule has 4 heteroatoms. The van der Waals surface area contributed by atoms with Gasteiger partial charge >= 0.3 is 0 Å². The third-order valence-electron chi connectivity index (χ3n) is 4.21. The minimum atomic E-state index is -0.622. The highest BCUT2D eigenvalue weighted by atomic mass is 16.5. The highest BCUT2D eigenvalue weighted by molar-refractivity contribution is 5.82. The fourth-order valence-electron chi connectivity index (χ4n) is 2.90.